The number of aromatic nitrogens is 2. The van der Waals surface area contributed by atoms with E-state index in [1.165, 1.54) is 0 Å². The van der Waals surface area contributed by atoms with E-state index in [-0.39, 0.29) is 6.10 Å². The molecule has 2 aromatic carbocycles. The van der Waals surface area contributed by atoms with Gasteiger partial charge in [-0.25, -0.2) is 4.98 Å². The summed E-state index contributed by atoms with van der Waals surface area (Å²) in [4.78, 5) is 7.96. The average molecular weight is 358 g/mol. The number of imidazole rings is 1. The summed E-state index contributed by atoms with van der Waals surface area (Å²) in [5.41, 5.74) is 3.29. The lowest BCUT2D eigenvalue weighted by Gasteiger charge is -2.12. The third kappa shape index (κ3) is 4.97. The number of hydrogen-bond acceptors (Lipinski definition) is 3. The Morgan fingerprint density at radius 1 is 1.20 bits per heavy atom. The molecular formula is C20H24ClN3O. The van der Waals surface area contributed by atoms with E-state index in [2.05, 4.69) is 27.4 Å². The van der Waals surface area contributed by atoms with Crippen LogP contribution in [0, 0.1) is 0 Å². The molecule has 0 spiro atoms. The van der Waals surface area contributed by atoms with Gasteiger partial charge in [-0.05, 0) is 56.6 Å². The summed E-state index contributed by atoms with van der Waals surface area (Å²) in [7, 11) is 0. The smallest absolute Gasteiger partial charge is 0.138 e. The number of ether oxygens (including phenoxy) is 1. The predicted octanol–water partition coefficient (Wildman–Crippen LogP) is 4.73. The van der Waals surface area contributed by atoms with Gasteiger partial charge in [0.1, 0.15) is 11.6 Å². The van der Waals surface area contributed by atoms with Gasteiger partial charge < -0.3 is 15.0 Å². The van der Waals surface area contributed by atoms with E-state index in [0.717, 1.165) is 54.1 Å². The van der Waals surface area contributed by atoms with Gasteiger partial charge in [0.2, 0.25) is 0 Å². The highest BCUT2D eigenvalue weighted by molar-refractivity contribution is 6.32. The second-order valence-corrected chi connectivity index (χ2v) is 6.82. The number of nitrogens with zero attached hydrogens (tertiary/aromatic N) is 1. The van der Waals surface area contributed by atoms with Gasteiger partial charge in [0.05, 0.1) is 22.2 Å². The molecule has 3 rings (SSSR count). The lowest BCUT2D eigenvalue weighted by molar-refractivity contribution is 0.242. The maximum Gasteiger partial charge on any atom is 0.138 e. The Labute approximate surface area is 153 Å². The third-order valence-corrected chi connectivity index (χ3v) is 4.19. The molecule has 1 heterocycles. The van der Waals surface area contributed by atoms with E-state index in [1.54, 1.807) is 0 Å². The first-order valence-electron chi connectivity index (χ1n) is 8.71. The minimum Gasteiger partial charge on any atom is -0.489 e. The van der Waals surface area contributed by atoms with Crippen LogP contribution in [0.5, 0.6) is 5.75 Å². The molecule has 0 aliphatic carbocycles. The summed E-state index contributed by atoms with van der Waals surface area (Å²) in [6, 6.07) is 14.1. The van der Waals surface area contributed by atoms with Crippen LogP contribution in [0.1, 0.15) is 31.7 Å². The van der Waals surface area contributed by atoms with Gasteiger partial charge in [-0.3, -0.25) is 0 Å². The summed E-state index contributed by atoms with van der Waals surface area (Å²) in [6.45, 7) is 5.71. The molecule has 0 amide bonds. The van der Waals surface area contributed by atoms with Gasteiger partial charge in [-0.2, -0.15) is 0 Å². The highest BCUT2D eigenvalue weighted by Crippen LogP contribution is 2.26. The van der Waals surface area contributed by atoms with Crippen LogP contribution in [0.3, 0.4) is 0 Å². The number of halogens is 1. The monoisotopic (exact) mass is 357 g/mol. The quantitative estimate of drug-likeness (QED) is 0.573. The second-order valence-electron chi connectivity index (χ2n) is 6.41. The van der Waals surface area contributed by atoms with Crippen molar-refractivity contribution in [1.82, 2.24) is 15.3 Å². The van der Waals surface area contributed by atoms with Gasteiger partial charge in [0, 0.05) is 13.0 Å². The molecule has 0 saturated carbocycles. The normalized spacial score (nSPS) is 11.4. The number of H-pyrrole nitrogens is 1. The first-order valence-corrected chi connectivity index (χ1v) is 9.09. The molecule has 0 saturated heterocycles. The van der Waals surface area contributed by atoms with Crippen molar-refractivity contribution >= 4 is 22.6 Å². The standard InChI is InChI=1S/C20H24ClN3O/c1-14(2)25-19-10-9-15(12-16(19)21)13-22-11-5-8-20-23-17-6-3-4-7-18(17)24-20/h3-4,6-7,9-10,12,14,22H,5,8,11,13H2,1-2H3,(H,23,24). The van der Waals surface area contributed by atoms with Crippen LogP contribution in [-0.2, 0) is 13.0 Å². The molecule has 2 N–H and O–H groups in total. The Morgan fingerprint density at radius 2 is 2.04 bits per heavy atom. The molecule has 4 nitrogen and oxygen atoms in total. The Balaban J connectivity index is 1.43. The van der Waals surface area contributed by atoms with E-state index in [1.807, 2.05) is 44.2 Å². The molecule has 0 bridgehead atoms. The zero-order chi connectivity index (χ0) is 17.6. The van der Waals surface area contributed by atoms with Gasteiger partial charge in [-0.15, -0.1) is 0 Å². The number of nitrogens with one attached hydrogen (secondary N) is 2. The molecule has 0 radical (unpaired) electrons. The van der Waals surface area contributed by atoms with Crippen LogP contribution in [0.25, 0.3) is 11.0 Å². The molecule has 5 heteroatoms. The molecular weight excluding hydrogens is 334 g/mol. The highest BCUT2D eigenvalue weighted by Gasteiger charge is 2.05. The maximum absolute atomic E-state index is 6.27. The second kappa shape index (κ2) is 8.37. The van der Waals surface area contributed by atoms with Crippen molar-refractivity contribution in [2.45, 2.75) is 39.3 Å². The van der Waals surface area contributed by atoms with Gasteiger partial charge >= 0.3 is 0 Å². The van der Waals surface area contributed by atoms with E-state index in [4.69, 9.17) is 16.3 Å². The lowest BCUT2D eigenvalue weighted by atomic mass is 10.2. The predicted molar refractivity (Wildman–Crippen MR) is 103 cm³/mol. The first kappa shape index (κ1) is 17.8. The molecule has 0 aliphatic rings. The largest absolute Gasteiger partial charge is 0.489 e. The SMILES string of the molecule is CC(C)Oc1ccc(CNCCCc2nc3ccccc3[nH]2)cc1Cl. The van der Waals surface area contributed by atoms with Crippen LogP contribution in [0.15, 0.2) is 42.5 Å². The van der Waals surface area contributed by atoms with Crippen LogP contribution in [-0.4, -0.2) is 22.6 Å². The Bertz CT molecular complexity index is 796. The maximum atomic E-state index is 6.27. The number of aromatic amines is 1. The molecule has 1 aromatic heterocycles. The van der Waals surface area contributed by atoms with E-state index < -0.39 is 0 Å². The minimum atomic E-state index is 0.125. The number of rotatable bonds is 8. The van der Waals surface area contributed by atoms with Crippen molar-refractivity contribution in [1.29, 1.82) is 0 Å². The molecule has 3 aromatic rings. The first-order chi connectivity index (χ1) is 12.1. The summed E-state index contributed by atoms with van der Waals surface area (Å²) in [6.07, 6.45) is 2.09. The third-order valence-electron chi connectivity index (χ3n) is 3.89. The lowest BCUT2D eigenvalue weighted by Crippen LogP contribution is -2.15. The number of hydrogen-bond donors (Lipinski definition) is 2. The zero-order valence-corrected chi connectivity index (χ0v) is 15.4. The van der Waals surface area contributed by atoms with E-state index in [9.17, 15) is 0 Å². The van der Waals surface area contributed by atoms with Crippen LogP contribution in [0.4, 0.5) is 0 Å². The number of benzene rings is 2. The van der Waals surface area contributed by atoms with E-state index >= 15 is 0 Å². The fourth-order valence-corrected chi connectivity index (χ4v) is 2.99. The Kier molecular flexibility index (Phi) is 5.95. The number of para-hydroxylation sites is 2. The number of fused-ring (bicyclic) bond motifs is 1. The molecule has 0 unspecified atom stereocenters. The minimum absolute atomic E-state index is 0.125. The van der Waals surface area contributed by atoms with E-state index in [0.29, 0.717) is 5.02 Å². The van der Waals surface area contributed by atoms with Crippen LogP contribution in [0.2, 0.25) is 5.02 Å². The Hall–Kier alpha value is -2.04. The molecule has 0 fully saturated rings. The van der Waals surface area contributed by atoms with Gasteiger partial charge in [0.25, 0.3) is 0 Å². The highest BCUT2D eigenvalue weighted by atomic mass is 35.5. The fourth-order valence-electron chi connectivity index (χ4n) is 2.74. The summed E-state index contributed by atoms with van der Waals surface area (Å²) in [5.74, 6) is 1.78. The van der Waals surface area contributed by atoms with Crippen LogP contribution >= 0.6 is 11.6 Å². The van der Waals surface area contributed by atoms with Crippen molar-refractivity contribution in [2.24, 2.45) is 0 Å². The average Bonchev–Trinajstić information content (AvgIpc) is 2.99. The summed E-state index contributed by atoms with van der Waals surface area (Å²) in [5, 5.41) is 4.11. The molecule has 0 atom stereocenters. The molecule has 132 valence electrons. The van der Waals surface area contributed by atoms with Gasteiger partial charge in [0.15, 0.2) is 0 Å². The number of aryl methyl sites for hydroxylation is 1. The summed E-state index contributed by atoms with van der Waals surface area (Å²) >= 11 is 6.27. The van der Waals surface area contributed by atoms with Gasteiger partial charge in [-0.1, -0.05) is 29.8 Å². The van der Waals surface area contributed by atoms with Crippen molar-refractivity contribution in [3.63, 3.8) is 0 Å². The fraction of sp³-hybridized carbons (Fsp3) is 0.350. The molecule has 0 aliphatic heterocycles. The van der Waals surface area contributed by atoms with Crippen molar-refractivity contribution in [3.05, 3.63) is 58.9 Å². The van der Waals surface area contributed by atoms with Crippen molar-refractivity contribution < 1.29 is 4.74 Å². The van der Waals surface area contributed by atoms with Crippen molar-refractivity contribution in [3.8, 4) is 5.75 Å². The zero-order valence-electron chi connectivity index (χ0n) is 14.7. The Morgan fingerprint density at radius 3 is 2.80 bits per heavy atom. The topological polar surface area (TPSA) is 49.9 Å². The summed E-state index contributed by atoms with van der Waals surface area (Å²) < 4.78 is 5.65. The molecule has 25 heavy (non-hydrogen) atoms. The van der Waals surface area contributed by atoms with Crippen molar-refractivity contribution in [2.75, 3.05) is 6.54 Å². The van der Waals surface area contributed by atoms with Crippen LogP contribution < -0.4 is 10.1 Å².